The minimum absolute atomic E-state index is 0.0142. The van der Waals surface area contributed by atoms with Crippen LogP contribution in [0.5, 0.6) is 0 Å². The Morgan fingerprint density at radius 1 is 1.29 bits per heavy atom. The van der Waals surface area contributed by atoms with E-state index in [1.54, 1.807) is 12.5 Å². The van der Waals surface area contributed by atoms with Crippen LogP contribution in [0, 0.1) is 0 Å². The van der Waals surface area contributed by atoms with Crippen LogP contribution in [0.2, 0.25) is 0 Å². The van der Waals surface area contributed by atoms with E-state index in [4.69, 9.17) is 5.11 Å². The Balaban J connectivity index is 2.39. The smallest absolute Gasteiger partial charge is 0.135 e. The molecule has 0 spiro atoms. The van der Waals surface area contributed by atoms with Crippen LogP contribution in [0.1, 0.15) is 5.69 Å². The average molecular weight is 186 g/mol. The summed E-state index contributed by atoms with van der Waals surface area (Å²) in [6, 6.07) is 9.77. The van der Waals surface area contributed by atoms with Crippen LogP contribution in [-0.4, -0.2) is 14.7 Å². The van der Waals surface area contributed by atoms with E-state index in [0.717, 1.165) is 5.69 Å². The maximum absolute atomic E-state index is 9.11. The van der Waals surface area contributed by atoms with Gasteiger partial charge in [-0.2, -0.15) is 0 Å². The van der Waals surface area contributed by atoms with Gasteiger partial charge in [-0.1, -0.05) is 24.8 Å². The Morgan fingerprint density at radius 3 is 2.57 bits per heavy atom. The Labute approximate surface area is 82.0 Å². The van der Waals surface area contributed by atoms with Gasteiger partial charge in [0.25, 0.3) is 0 Å². The molecule has 14 heavy (non-hydrogen) atoms. The first-order valence-corrected chi connectivity index (χ1v) is 4.25. The highest BCUT2D eigenvalue weighted by Gasteiger charge is 2.01. The number of rotatable bonds is 2. The van der Waals surface area contributed by atoms with Crippen molar-refractivity contribution in [2.45, 2.75) is 0 Å². The van der Waals surface area contributed by atoms with Gasteiger partial charge in [0, 0.05) is 11.9 Å². The van der Waals surface area contributed by atoms with Crippen molar-refractivity contribution in [1.82, 2.24) is 9.55 Å². The summed E-state index contributed by atoms with van der Waals surface area (Å²) in [5.74, 6) is -0.0142. The van der Waals surface area contributed by atoms with Crippen molar-refractivity contribution >= 4 is 5.76 Å². The van der Waals surface area contributed by atoms with Crippen LogP contribution in [0.3, 0.4) is 0 Å². The SMILES string of the molecule is C=C(O)c1cn(-c2ccccc2)cn1. The second-order valence-corrected chi connectivity index (χ2v) is 2.95. The largest absolute Gasteiger partial charge is 0.506 e. The number of aliphatic hydroxyl groups is 1. The quantitative estimate of drug-likeness (QED) is 0.731. The standard InChI is InChI=1S/C11H10N2O/c1-9(14)11-7-13(8-12-11)10-5-3-2-4-6-10/h2-8,14H,1H2. The molecule has 0 aliphatic carbocycles. The van der Waals surface area contributed by atoms with Crippen LogP contribution in [0.25, 0.3) is 11.4 Å². The zero-order valence-corrected chi connectivity index (χ0v) is 7.59. The van der Waals surface area contributed by atoms with Gasteiger partial charge in [-0.3, -0.25) is 0 Å². The molecule has 0 amide bonds. The van der Waals surface area contributed by atoms with Gasteiger partial charge in [0.05, 0.1) is 0 Å². The first kappa shape index (κ1) is 8.56. The molecule has 0 bridgehead atoms. The number of para-hydroxylation sites is 1. The lowest BCUT2D eigenvalue weighted by Gasteiger charge is -1.99. The van der Waals surface area contributed by atoms with Crippen molar-refractivity contribution in [1.29, 1.82) is 0 Å². The van der Waals surface area contributed by atoms with Gasteiger partial charge < -0.3 is 9.67 Å². The number of benzene rings is 1. The molecule has 3 heteroatoms. The third kappa shape index (κ3) is 1.52. The molecule has 0 saturated carbocycles. The summed E-state index contributed by atoms with van der Waals surface area (Å²) in [6.45, 7) is 3.41. The third-order valence-corrected chi connectivity index (χ3v) is 1.93. The van der Waals surface area contributed by atoms with Crippen molar-refractivity contribution in [3.8, 4) is 5.69 Å². The summed E-state index contributed by atoms with van der Waals surface area (Å²) in [4.78, 5) is 4.01. The molecule has 1 aromatic heterocycles. The van der Waals surface area contributed by atoms with E-state index < -0.39 is 0 Å². The summed E-state index contributed by atoms with van der Waals surface area (Å²) >= 11 is 0. The molecule has 0 aliphatic rings. The average Bonchev–Trinajstić information content (AvgIpc) is 2.68. The second kappa shape index (κ2) is 3.38. The number of aromatic nitrogens is 2. The van der Waals surface area contributed by atoms with Gasteiger partial charge in [-0.25, -0.2) is 4.98 Å². The highest BCUT2D eigenvalue weighted by atomic mass is 16.3. The lowest BCUT2D eigenvalue weighted by molar-refractivity contribution is 0.511. The summed E-state index contributed by atoms with van der Waals surface area (Å²) in [6.07, 6.45) is 3.38. The first-order chi connectivity index (χ1) is 6.77. The zero-order valence-electron chi connectivity index (χ0n) is 7.59. The molecule has 0 radical (unpaired) electrons. The Kier molecular flexibility index (Phi) is 2.07. The molecule has 1 aromatic carbocycles. The fraction of sp³-hybridized carbons (Fsp3) is 0. The van der Waals surface area contributed by atoms with Crippen molar-refractivity contribution in [2.75, 3.05) is 0 Å². The highest BCUT2D eigenvalue weighted by molar-refractivity contribution is 5.51. The Hall–Kier alpha value is -2.03. The maximum Gasteiger partial charge on any atom is 0.135 e. The van der Waals surface area contributed by atoms with E-state index in [1.165, 1.54) is 0 Å². The minimum atomic E-state index is -0.0142. The molecule has 3 nitrogen and oxygen atoms in total. The molecule has 1 heterocycles. The van der Waals surface area contributed by atoms with Crippen molar-refractivity contribution in [3.63, 3.8) is 0 Å². The molecule has 0 saturated heterocycles. The zero-order chi connectivity index (χ0) is 9.97. The molecular weight excluding hydrogens is 176 g/mol. The summed E-state index contributed by atoms with van der Waals surface area (Å²) in [5, 5.41) is 9.11. The van der Waals surface area contributed by atoms with Gasteiger partial charge in [-0.05, 0) is 12.1 Å². The van der Waals surface area contributed by atoms with E-state index in [-0.39, 0.29) is 5.76 Å². The van der Waals surface area contributed by atoms with E-state index in [9.17, 15) is 0 Å². The Morgan fingerprint density at radius 2 is 2.00 bits per heavy atom. The normalized spacial score (nSPS) is 10.0. The van der Waals surface area contributed by atoms with Crippen LogP contribution in [0.15, 0.2) is 49.4 Å². The third-order valence-electron chi connectivity index (χ3n) is 1.93. The monoisotopic (exact) mass is 186 g/mol. The molecular formula is C11H10N2O. The fourth-order valence-corrected chi connectivity index (χ4v) is 1.21. The molecule has 2 aromatic rings. The van der Waals surface area contributed by atoms with E-state index >= 15 is 0 Å². The Bertz CT molecular complexity index is 445. The first-order valence-electron chi connectivity index (χ1n) is 4.25. The topological polar surface area (TPSA) is 38.0 Å². The lowest BCUT2D eigenvalue weighted by Crippen LogP contribution is -1.88. The molecule has 0 atom stereocenters. The maximum atomic E-state index is 9.11. The number of aliphatic hydroxyl groups excluding tert-OH is 1. The molecule has 0 aliphatic heterocycles. The van der Waals surface area contributed by atoms with Gasteiger partial charge in [0.15, 0.2) is 0 Å². The summed E-state index contributed by atoms with van der Waals surface area (Å²) in [5.41, 5.74) is 1.50. The second-order valence-electron chi connectivity index (χ2n) is 2.95. The molecule has 1 N–H and O–H groups in total. The van der Waals surface area contributed by atoms with E-state index in [0.29, 0.717) is 5.69 Å². The van der Waals surface area contributed by atoms with Gasteiger partial charge in [0.2, 0.25) is 0 Å². The van der Waals surface area contributed by atoms with Gasteiger partial charge >= 0.3 is 0 Å². The van der Waals surface area contributed by atoms with Crippen molar-refractivity contribution < 1.29 is 5.11 Å². The van der Waals surface area contributed by atoms with E-state index in [1.807, 2.05) is 34.9 Å². The molecule has 2 rings (SSSR count). The summed E-state index contributed by atoms with van der Waals surface area (Å²) < 4.78 is 1.83. The van der Waals surface area contributed by atoms with Crippen LogP contribution in [-0.2, 0) is 0 Å². The van der Waals surface area contributed by atoms with Gasteiger partial charge in [0.1, 0.15) is 17.8 Å². The predicted octanol–water partition coefficient (Wildman–Crippen LogP) is 2.40. The highest BCUT2D eigenvalue weighted by Crippen LogP contribution is 2.11. The van der Waals surface area contributed by atoms with E-state index in [2.05, 4.69) is 11.6 Å². The van der Waals surface area contributed by atoms with Gasteiger partial charge in [-0.15, -0.1) is 0 Å². The summed E-state index contributed by atoms with van der Waals surface area (Å²) in [7, 11) is 0. The number of nitrogens with zero attached hydrogens (tertiary/aromatic N) is 2. The lowest BCUT2D eigenvalue weighted by atomic mass is 10.3. The van der Waals surface area contributed by atoms with Crippen LogP contribution >= 0.6 is 0 Å². The fourth-order valence-electron chi connectivity index (χ4n) is 1.21. The minimum Gasteiger partial charge on any atom is -0.506 e. The molecule has 0 unspecified atom stereocenters. The predicted molar refractivity (Wildman–Crippen MR) is 55.2 cm³/mol. The molecule has 0 fully saturated rings. The van der Waals surface area contributed by atoms with Crippen molar-refractivity contribution in [2.24, 2.45) is 0 Å². The number of hydrogen-bond acceptors (Lipinski definition) is 2. The van der Waals surface area contributed by atoms with Crippen molar-refractivity contribution in [3.05, 3.63) is 55.1 Å². The molecule has 70 valence electrons. The number of hydrogen-bond donors (Lipinski definition) is 1. The van der Waals surface area contributed by atoms with Crippen LogP contribution < -0.4 is 0 Å². The number of imidazole rings is 1. The van der Waals surface area contributed by atoms with Crippen LogP contribution in [0.4, 0.5) is 0 Å².